The van der Waals surface area contributed by atoms with E-state index in [4.69, 9.17) is 4.74 Å². The number of amides is 1. The van der Waals surface area contributed by atoms with Crippen LogP contribution < -0.4 is 5.32 Å². The normalized spacial score (nSPS) is 10.9. The van der Waals surface area contributed by atoms with Gasteiger partial charge < -0.3 is 14.8 Å². The lowest BCUT2D eigenvalue weighted by Gasteiger charge is -2.22. The highest BCUT2D eigenvalue weighted by atomic mass is 16.5. The van der Waals surface area contributed by atoms with Crippen LogP contribution in [0.4, 0.5) is 0 Å². The quantitative estimate of drug-likeness (QED) is 0.570. The summed E-state index contributed by atoms with van der Waals surface area (Å²) >= 11 is 0. The molecule has 0 aromatic rings. The van der Waals surface area contributed by atoms with Gasteiger partial charge in [-0.25, -0.2) is 0 Å². The lowest BCUT2D eigenvalue weighted by Crippen LogP contribution is -2.43. The smallest absolute Gasteiger partial charge is 0.306 e. The third-order valence-electron chi connectivity index (χ3n) is 3.19. The Morgan fingerprint density at radius 3 is 2.30 bits per heavy atom. The van der Waals surface area contributed by atoms with Crippen molar-refractivity contribution >= 4 is 11.9 Å². The van der Waals surface area contributed by atoms with Crippen molar-refractivity contribution in [3.63, 3.8) is 0 Å². The highest BCUT2D eigenvalue weighted by Gasteiger charge is 2.14. The van der Waals surface area contributed by atoms with Crippen LogP contribution >= 0.6 is 0 Å². The summed E-state index contributed by atoms with van der Waals surface area (Å²) in [4.78, 5) is 25.0. The summed E-state index contributed by atoms with van der Waals surface area (Å²) in [5.41, 5.74) is 0. The van der Waals surface area contributed by atoms with Gasteiger partial charge in [0.25, 0.3) is 0 Å². The average molecular weight is 288 g/mol. The van der Waals surface area contributed by atoms with E-state index in [2.05, 4.69) is 10.1 Å². The van der Waals surface area contributed by atoms with E-state index in [0.29, 0.717) is 19.7 Å². The van der Waals surface area contributed by atoms with Gasteiger partial charge in [0.1, 0.15) is 0 Å². The zero-order chi connectivity index (χ0) is 15.4. The Bertz CT molecular complexity index is 280. The highest BCUT2D eigenvalue weighted by molar-refractivity contribution is 5.78. The summed E-state index contributed by atoms with van der Waals surface area (Å²) in [6.07, 6.45) is 2.11. The standard InChI is InChI=1S/C14H28N2O4/c1-5-12(6-2)15-13(17)11-16(9-10-19-3)8-7-14(18)20-4/h12H,5-11H2,1-4H3,(H,15,17). The first kappa shape index (κ1) is 18.9. The van der Waals surface area contributed by atoms with Crippen LogP contribution in [0.2, 0.25) is 0 Å². The maximum absolute atomic E-state index is 11.9. The van der Waals surface area contributed by atoms with Crippen molar-refractivity contribution in [1.29, 1.82) is 0 Å². The first-order chi connectivity index (χ1) is 9.57. The summed E-state index contributed by atoms with van der Waals surface area (Å²) < 4.78 is 9.63. The van der Waals surface area contributed by atoms with Gasteiger partial charge in [-0.05, 0) is 12.8 Å². The lowest BCUT2D eigenvalue weighted by atomic mass is 10.2. The Labute approximate surface area is 121 Å². The maximum Gasteiger partial charge on any atom is 0.306 e. The van der Waals surface area contributed by atoms with E-state index in [-0.39, 0.29) is 30.9 Å². The molecule has 0 spiro atoms. The van der Waals surface area contributed by atoms with E-state index in [0.717, 1.165) is 12.8 Å². The van der Waals surface area contributed by atoms with Gasteiger partial charge in [-0.15, -0.1) is 0 Å². The minimum Gasteiger partial charge on any atom is -0.469 e. The molecule has 0 aromatic carbocycles. The molecule has 1 amide bonds. The largest absolute Gasteiger partial charge is 0.469 e. The van der Waals surface area contributed by atoms with Gasteiger partial charge in [0.2, 0.25) is 5.91 Å². The Hall–Kier alpha value is -1.14. The molecule has 0 atom stereocenters. The third kappa shape index (κ3) is 8.87. The van der Waals surface area contributed by atoms with Gasteiger partial charge in [0, 0.05) is 26.2 Å². The van der Waals surface area contributed by atoms with Gasteiger partial charge in [-0.1, -0.05) is 13.8 Å². The zero-order valence-electron chi connectivity index (χ0n) is 13.1. The van der Waals surface area contributed by atoms with Gasteiger partial charge in [-0.2, -0.15) is 0 Å². The molecule has 0 unspecified atom stereocenters. The number of nitrogens with one attached hydrogen (secondary N) is 1. The SMILES string of the molecule is CCC(CC)NC(=O)CN(CCOC)CCC(=O)OC. The molecule has 0 aliphatic heterocycles. The number of hydrogen-bond acceptors (Lipinski definition) is 5. The van der Waals surface area contributed by atoms with E-state index in [9.17, 15) is 9.59 Å². The Morgan fingerprint density at radius 2 is 1.80 bits per heavy atom. The van der Waals surface area contributed by atoms with E-state index < -0.39 is 0 Å². The molecule has 0 aromatic heterocycles. The van der Waals surface area contributed by atoms with Gasteiger partial charge in [0.15, 0.2) is 0 Å². The Kier molecular flexibility index (Phi) is 11.0. The summed E-state index contributed by atoms with van der Waals surface area (Å²) in [6, 6.07) is 0.215. The molecule has 6 heteroatoms. The predicted octanol–water partition coefficient (Wildman–Crippen LogP) is 0.803. The van der Waals surface area contributed by atoms with Crippen LogP contribution in [0.5, 0.6) is 0 Å². The van der Waals surface area contributed by atoms with Crippen LogP contribution in [0.25, 0.3) is 0 Å². The number of nitrogens with zero attached hydrogens (tertiary/aromatic N) is 1. The van der Waals surface area contributed by atoms with Crippen molar-refractivity contribution in [1.82, 2.24) is 10.2 Å². The molecule has 0 aliphatic carbocycles. The van der Waals surface area contributed by atoms with Crippen LogP contribution in [0.1, 0.15) is 33.1 Å². The molecule has 118 valence electrons. The maximum atomic E-state index is 11.9. The third-order valence-corrected chi connectivity index (χ3v) is 3.19. The molecular formula is C14H28N2O4. The number of rotatable bonds is 11. The minimum absolute atomic E-state index is 0.0142. The first-order valence-corrected chi connectivity index (χ1v) is 7.14. The first-order valence-electron chi connectivity index (χ1n) is 7.14. The topological polar surface area (TPSA) is 67.9 Å². The van der Waals surface area contributed by atoms with Crippen molar-refractivity contribution in [2.75, 3.05) is 40.5 Å². The minimum atomic E-state index is -0.271. The van der Waals surface area contributed by atoms with Crippen molar-refractivity contribution in [3.8, 4) is 0 Å². The van der Waals surface area contributed by atoms with Crippen molar-refractivity contribution < 1.29 is 19.1 Å². The zero-order valence-corrected chi connectivity index (χ0v) is 13.1. The van der Waals surface area contributed by atoms with Gasteiger partial charge in [0.05, 0.1) is 26.7 Å². The molecule has 0 heterocycles. The lowest BCUT2D eigenvalue weighted by molar-refractivity contribution is -0.141. The number of carbonyl (C=O) groups excluding carboxylic acids is 2. The van der Waals surface area contributed by atoms with Gasteiger partial charge >= 0.3 is 5.97 Å². The fraction of sp³-hybridized carbons (Fsp3) is 0.857. The molecule has 0 aliphatic rings. The second-order valence-electron chi connectivity index (χ2n) is 4.68. The molecule has 6 nitrogen and oxygen atoms in total. The number of esters is 1. The van der Waals surface area contributed by atoms with Crippen LogP contribution in [-0.2, 0) is 19.1 Å². The molecular weight excluding hydrogens is 260 g/mol. The van der Waals surface area contributed by atoms with Gasteiger partial charge in [-0.3, -0.25) is 14.5 Å². The predicted molar refractivity (Wildman–Crippen MR) is 77.5 cm³/mol. The molecule has 0 radical (unpaired) electrons. The Balaban J connectivity index is 4.25. The van der Waals surface area contributed by atoms with Crippen LogP contribution in [-0.4, -0.2) is 63.3 Å². The second kappa shape index (κ2) is 11.7. The van der Waals surface area contributed by atoms with Crippen LogP contribution in [0.15, 0.2) is 0 Å². The fourth-order valence-corrected chi connectivity index (χ4v) is 1.81. The molecule has 1 N–H and O–H groups in total. The molecule has 0 fully saturated rings. The van der Waals surface area contributed by atoms with E-state index in [1.54, 1.807) is 7.11 Å². The van der Waals surface area contributed by atoms with Crippen molar-refractivity contribution in [2.24, 2.45) is 0 Å². The number of methoxy groups -OCH3 is 2. The molecule has 0 rings (SSSR count). The van der Waals surface area contributed by atoms with E-state index in [1.807, 2.05) is 18.7 Å². The summed E-state index contributed by atoms with van der Waals surface area (Å²) in [7, 11) is 2.98. The summed E-state index contributed by atoms with van der Waals surface area (Å²) in [5, 5.41) is 2.99. The summed E-state index contributed by atoms with van der Waals surface area (Å²) in [5.74, 6) is -0.285. The van der Waals surface area contributed by atoms with Crippen molar-refractivity contribution in [2.45, 2.75) is 39.2 Å². The molecule has 0 saturated carbocycles. The highest BCUT2D eigenvalue weighted by Crippen LogP contribution is 1.98. The second-order valence-corrected chi connectivity index (χ2v) is 4.68. The van der Waals surface area contributed by atoms with Crippen LogP contribution in [0, 0.1) is 0 Å². The average Bonchev–Trinajstić information content (AvgIpc) is 2.46. The number of hydrogen-bond donors (Lipinski definition) is 1. The number of ether oxygens (including phenoxy) is 2. The Morgan fingerprint density at radius 1 is 1.15 bits per heavy atom. The van der Waals surface area contributed by atoms with E-state index >= 15 is 0 Å². The van der Waals surface area contributed by atoms with Crippen LogP contribution in [0.3, 0.4) is 0 Å². The number of carbonyl (C=O) groups is 2. The molecule has 0 bridgehead atoms. The van der Waals surface area contributed by atoms with Crippen molar-refractivity contribution in [3.05, 3.63) is 0 Å². The molecule has 20 heavy (non-hydrogen) atoms. The monoisotopic (exact) mass is 288 g/mol. The fourth-order valence-electron chi connectivity index (χ4n) is 1.81. The summed E-state index contributed by atoms with van der Waals surface area (Å²) in [6.45, 7) is 6.01. The molecule has 0 saturated heterocycles. The van der Waals surface area contributed by atoms with E-state index in [1.165, 1.54) is 7.11 Å².